The highest BCUT2D eigenvalue weighted by Gasteiger charge is 2.51. The van der Waals surface area contributed by atoms with Crippen molar-refractivity contribution in [1.29, 1.82) is 0 Å². The van der Waals surface area contributed by atoms with E-state index in [0.717, 1.165) is 40.5 Å². The van der Waals surface area contributed by atoms with E-state index in [0.29, 0.717) is 4.75 Å². The van der Waals surface area contributed by atoms with Gasteiger partial charge in [0.15, 0.2) is 5.58 Å². The van der Waals surface area contributed by atoms with Gasteiger partial charge < -0.3 is 4.42 Å². The molecule has 21 heavy (non-hydrogen) atoms. The summed E-state index contributed by atoms with van der Waals surface area (Å²) < 4.78 is 6.45. The van der Waals surface area contributed by atoms with E-state index in [2.05, 4.69) is 16.7 Å². The Morgan fingerprint density at radius 3 is 2.38 bits per heavy atom. The molecule has 110 valence electrons. The lowest BCUT2D eigenvalue weighted by atomic mass is 9.56. The second kappa shape index (κ2) is 4.52. The van der Waals surface area contributed by atoms with Gasteiger partial charge in [0, 0.05) is 4.75 Å². The number of nitrogens with zero attached hydrogens (tertiary/aromatic N) is 1. The zero-order chi connectivity index (χ0) is 13.9. The van der Waals surface area contributed by atoms with Crippen LogP contribution in [0.1, 0.15) is 44.4 Å². The number of hydrogen-bond acceptors (Lipinski definition) is 3. The number of aromatic nitrogens is 1. The second-order valence-electron chi connectivity index (χ2n) is 7.46. The summed E-state index contributed by atoms with van der Waals surface area (Å²) >= 11 is 2.15. The summed E-state index contributed by atoms with van der Waals surface area (Å²) in [6.07, 6.45) is 8.89. The Morgan fingerprint density at radius 1 is 1.05 bits per heavy atom. The van der Waals surface area contributed by atoms with Gasteiger partial charge in [0.1, 0.15) is 5.52 Å². The fourth-order valence-corrected chi connectivity index (χ4v) is 7.02. The van der Waals surface area contributed by atoms with Crippen LogP contribution in [0, 0.1) is 17.8 Å². The number of thioether (sulfide) groups is 1. The van der Waals surface area contributed by atoms with Crippen LogP contribution in [0.15, 0.2) is 28.7 Å². The molecule has 2 aromatic rings. The average molecular weight is 299 g/mol. The number of oxazole rings is 1. The minimum Gasteiger partial charge on any atom is -0.440 e. The maximum atomic E-state index is 5.90. The number of fused-ring (bicyclic) bond motifs is 1. The van der Waals surface area contributed by atoms with E-state index in [1.807, 2.05) is 24.3 Å². The molecule has 4 aliphatic carbocycles. The Hall–Kier alpha value is -0.960. The molecule has 1 aromatic carbocycles. The third kappa shape index (κ3) is 2.12. The van der Waals surface area contributed by atoms with E-state index in [9.17, 15) is 0 Å². The molecule has 6 rings (SSSR count). The highest BCUT2D eigenvalue weighted by atomic mass is 32.2. The lowest BCUT2D eigenvalue weighted by molar-refractivity contribution is 0.0382. The van der Waals surface area contributed by atoms with Crippen molar-refractivity contribution in [2.45, 2.75) is 49.0 Å². The van der Waals surface area contributed by atoms with Crippen LogP contribution >= 0.6 is 11.8 Å². The molecule has 0 atom stereocenters. The molecule has 1 aromatic heterocycles. The van der Waals surface area contributed by atoms with Crippen molar-refractivity contribution in [1.82, 2.24) is 4.98 Å². The molecule has 3 heteroatoms. The van der Waals surface area contributed by atoms with Gasteiger partial charge in [-0.1, -0.05) is 12.1 Å². The van der Waals surface area contributed by atoms with Crippen LogP contribution in [0.4, 0.5) is 0 Å². The van der Waals surface area contributed by atoms with Crippen molar-refractivity contribution in [2.75, 3.05) is 0 Å². The predicted octanol–water partition coefficient (Wildman–Crippen LogP) is 5.03. The topological polar surface area (TPSA) is 26.0 Å². The molecular weight excluding hydrogens is 278 g/mol. The minimum atomic E-state index is 0.551. The van der Waals surface area contributed by atoms with Gasteiger partial charge in [0.2, 0.25) is 5.89 Å². The first-order valence-electron chi connectivity index (χ1n) is 8.26. The summed E-state index contributed by atoms with van der Waals surface area (Å²) in [6.45, 7) is 0. The fraction of sp³-hybridized carbons (Fsp3) is 0.611. The van der Waals surface area contributed by atoms with Crippen LogP contribution in [0.3, 0.4) is 0 Å². The summed E-state index contributed by atoms with van der Waals surface area (Å²) in [6, 6.07) is 8.10. The molecular formula is C18H21NOS. The zero-order valence-electron chi connectivity index (χ0n) is 12.3. The Morgan fingerprint density at radius 2 is 1.71 bits per heavy atom. The smallest absolute Gasteiger partial charge is 0.205 e. The highest BCUT2D eigenvalue weighted by Crippen LogP contribution is 2.61. The SMILES string of the molecule is c1ccc2oc(CSC34CC5CC(CC(C5)C3)C4)nc2c1. The summed E-state index contributed by atoms with van der Waals surface area (Å²) in [5.74, 6) is 4.92. The van der Waals surface area contributed by atoms with Crippen LogP contribution in [0.2, 0.25) is 0 Å². The number of hydrogen-bond donors (Lipinski definition) is 0. The number of benzene rings is 1. The van der Waals surface area contributed by atoms with Crippen molar-refractivity contribution in [3.8, 4) is 0 Å². The van der Waals surface area contributed by atoms with Gasteiger partial charge in [0.05, 0.1) is 5.75 Å². The maximum absolute atomic E-state index is 5.90. The molecule has 0 aliphatic heterocycles. The van der Waals surface area contributed by atoms with Gasteiger partial charge in [-0.3, -0.25) is 0 Å². The van der Waals surface area contributed by atoms with Crippen molar-refractivity contribution in [3.05, 3.63) is 30.2 Å². The molecule has 0 unspecified atom stereocenters. The van der Waals surface area contributed by atoms with Crippen molar-refractivity contribution in [2.24, 2.45) is 17.8 Å². The quantitative estimate of drug-likeness (QED) is 0.795. The molecule has 4 saturated carbocycles. The lowest BCUT2D eigenvalue weighted by Crippen LogP contribution is -2.48. The van der Waals surface area contributed by atoms with Gasteiger partial charge in [-0.05, 0) is 68.4 Å². The lowest BCUT2D eigenvalue weighted by Gasteiger charge is -2.56. The Bertz CT molecular complexity index is 608. The third-order valence-corrected chi connectivity index (χ3v) is 7.33. The van der Waals surface area contributed by atoms with Crippen LogP contribution in [0.25, 0.3) is 11.1 Å². The molecule has 4 fully saturated rings. The maximum Gasteiger partial charge on any atom is 0.205 e. The second-order valence-corrected chi connectivity index (χ2v) is 8.91. The minimum absolute atomic E-state index is 0.551. The summed E-state index contributed by atoms with van der Waals surface area (Å²) in [5.41, 5.74) is 1.93. The van der Waals surface area contributed by atoms with Crippen LogP contribution < -0.4 is 0 Å². The van der Waals surface area contributed by atoms with E-state index in [1.54, 1.807) is 0 Å². The fourth-order valence-electron chi connectivity index (χ4n) is 5.40. The molecule has 4 aliphatic rings. The summed E-state index contributed by atoms with van der Waals surface area (Å²) in [7, 11) is 0. The Labute approximate surface area is 129 Å². The standard InChI is InChI=1S/C18H21NOS/c1-2-4-16-15(3-1)19-17(20-16)11-21-18-8-12-5-13(9-18)7-14(6-12)10-18/h1-4,12-14H,5-11H2. The van der Waals surface area contributed by atoms with Gasteiger partial charge in [-0.25, -0.2) is 4.98 Å². The summed E-state index contributed by atoms with van der Waals surface area (Å²) in [5, 5.41) is 0. The van der Waals surface area contributed by atoms with E-state index < -0.39 is 0 Å². The Balaban J connectivity index is 1.35. The van der Waals surface area contributed by atoms with E-state index in [4.69, 9.17) is 4.42 Å². The number of para-hydroxylation sites is 2. The Kier molecular flexibility index (Phi) is 2.70. The molecule has 0 amide bonds. The van der Waals surface area contributed by atoms with Crippen molar-refractivity contribution >= 4 is 22.9 Å². The van der Waals surface area contributed by atoms with Gasteiger partial charge in [-0.2, -0.15) is 0 Å². The van der Waals surface area contributed by atoms with Gasteiger partial charge in [0.25, 0.3) is 0 Å². The molecule has 2 nitrogen and oxygen atoms in total. The highest BCUT2D eigenvalue weighted by molar-refractivity contribution is 7.99. The van der Waals surface area contributed by atoms with Crippen molar-refractivity contribution in [3.63, 3.8) is 0 Å². The van der Waals surface area contributed by atoms with E-state index >= 15 is 0 Å². The van der Waals surface area contributed by atoms with E-state index in [-0.39, 0.29) is 0 Å². The van der Waals surface area contributed by atoms with Crippen molar-refractivity contribution < 1.29 is 4.42 Å². The molecule has 0 N–H and O–H groups in total. The molecule has 0 saturated heterocycles. The third-order valence-electron chi connectivity index (χ3n) is 5.82. The molecule has 0 radical (unpaired) electrons. The molecule has 1 heterocycles. The zero-order valence-corrected chi connectivity index (χ0v) is 13.1. The first kappa shape index (κ1) is 12.6. The normalized spacial score (nSPS) is 37.4. The summed E-state index contributed by atoms with van der Waals surface area (Å²) in [4.78, 5) is 4.64. The van der Waals surface area contributed by atoms with Crippen LogP contribution in [-0.2, 0) is 5.75 Å². The van der Waals surface area contributed by atoms with Gasteiger partial charge in [-0.15, -0.1) is 11.8 Å². The molecule has 0 spiro atoms. The van der Waals surface area contributed by atoms with Crippen LogP contribution in [-0.4, -0.2) is 9.73 Å². The average Bonchev–Trinajstić information content (AvgIpc) is 2.87. The first-order chi connectivity index (χ1) is 10.3. The van der Waals surface area contributed by atoms with E-state index in [1.165, 1.54) is 38.5 Å². The monoisotopic (exact) mass is 299 g/mol. The van der Waals surface area contributed by atoms with Gasteiger partial charge >= 0.3 is 0 Å². The molecule has 4 bridgehead atoms. The van der Waals surface area contributed by atoms with Crippen LogP contribution in [0.5, 0.6) is 0 Å². The first-order valence-corrected chi connectivity index (χ1v) is 9.25. The number of rotatable bonds is 3. The largest absolute Gasteiger partial charge is 0.440 e. The predicted molar refractivity (Wildman–Crippen MR) is 86.2 cm³/mol.